The van der Waals surface area contributed by atoms with E-state index in [9.17, 15) is 19.5 Å². The number of aromatic hydroxyl groups is 1. The number of rotatable bonds is 4. The molecule has 0 spiro atoms. The second-order valence-electron chi connectivity index (χ2n) is 5.77. The van der Waals surface area contributed by atoms with Gasteiger partial charge in [-0.3, -0.25) is 14.9 Å². The molecule has 1 saturated heterocycles. The minimum atomic E-state index is -0.921. The summed E-state index contributed by atoms with van der Waals surface area (Å²) in [6.45, 7) is -0.101. The highest BCUT2D eigenvalue weighted by Crippen LogP contribution is 2.34. The fourth-order valence-corrected chi connectivity index (χ4v) is 3.17. The molecule has 0 unspecified atom stereocenters. The van der Waals surface area contributed by atoms with Crippen LogP contribution in [-0.4, -0.2) is 29.6 Å². The number of amides is 4. The Balaban J connectivity index is 2.08. The van der Waals surface area contributed by atoms with Crippen molar-refractivity contribution >= 4 is 52.8 Å². The molecule has 0 radical (unpaired) electrons. The maximum Gasteiger partial charge on any atom is 0.335 e. The van der Waals surface area contributed by atoms with Crippen LogP contribution >= 0.6 is 23.2 Å². The van der Waals surface area contributed by atoms with Crippen LogP contribution in [0.5, 0.6) is 11.5 Å². The highest BCUT2D eigenvalue weighted by Gasteiger charge is 2.37. The summed E-state index contributed by atoms with van der Waals surface area (Å²) in [7, 11) is 0. The lowest BCUT2D eigenvalue weighted by Gasteiger charge is -2.26. The summed E-state index contributed by atoms with van der Waals surface area (Å²) in [5, 5.41) is 11.9. The molecule has 9 heteroatoms. The molecule has 146 valence electrons. The average molecular weight is 431 g/mol. The van der Waals surface area contributed by atoms with Crippen molar-refractivity contribution in [1.82, 2.24) is 5.32 Å². The summed E-state index contributed by atoms with van der Waals surface area (Å²) in [4.78, 5) is 38.2. The lowest BCUT2D eigenvalue weighted by Crippen LogP contribution is -2.54. The second kappa shape index (κ2) is 8.27. The lowest BCUT2D eigenvalue weighted by molar-refractivity contribution is -0.122. The Labute approximate surface area is 175 Å². The first kappa shape index (κ1) is 20.3. The summed E-state index contributed by atoms with van der Waals surface area (Å²) in [5.41, 5.74) is 0.0504. The van der Waals surface area contributed by atoms with Gasteiger partial charge in [-0.05, 0) is 42.5 Å². The van der Waals surface area contributed by atoms with Crippen molar-refractivity contribution in [3.63, 3.8) is 0 Å². The number of hydrogen-bond acceptors (Lipinski definition) is 5. The summed E-state index contributed by atoms with van der Waals surface area (Å²) in [6, 6.07) is 7.27. The van der Waals surface area contributed by atoms with E-state index in [1.165, 1.54) is 42.5 Å². The van der Waals surface area contributed by atoms with Gasteiger partial charge in [-0.2, -0.15) is 0 Å². The standard InChI is InChI=1S/C20H12Cl2N2O5/c1-2-7-29-17-11(8-12(21)10-16(17)22)9-15-18(26)23-20(28)24(19(15)27)13-3-5-14(25)6-4-13/h1,3-6,8-10,25H,7H2,(H,23,26,28)/b15-9+. The molecule has 1 heterocycles. The number of ether oxygens (including phenoxy) is 1. The molecule has 1 aliphatic rings. The Morgan fingerprint density at radius 2 is 1.86 bits per heavy atom. The molecular weight excluding hydrogens is 419 g/mol. The van der Waals surface area contributed by atoms with Crippen molar-refractivity contribution < 1.29 is 24.2 Å². The smallest absolute Gasteiger partial charge is 0.335 e. The fourth-order valence-electron chi connectivity index (χ4n) is 2.60. The number of phenols is 1. The van der Waals surface area contributed by atoms with Crippen molar-refractivity contribution in [2.75, 3.05) is 11.5 Å². The van der Waals surface area contributed by atoms with Crippen LogP contribution in [0, 0.1) is 12.3 Å². The molecule has 2 N–H and O–H groups in total. The second-order valence-corrected chi connectivity index (χ2v) is 6.62. The molecule has 2 aromatic carbocycles. The molecule has 0 atom stereocenters. The van der Waals surface area contributed by atoms with Crippen LogP contribution in [0.1, 0.15) is 5.56 Å². The minimum absolute atomic E-state index is 0.0469. The summed E-state index contributed by atoms with van der Waals surface area (Å²) < 4.78 is 5.41. The quantitative estimate of drug-likeness (QED) is 0.440. The number of urea groups is 1. The highest BCUT2D eigenvalue weighted by atomic mass is 35.5. The maximum absolute atomic E-state index is 12.9. The molecule has 0 saturated carbocycles. The van der Waals surface area contributed by atoms with E-state index < -0.39 is 17.8 Å². The third-order valence-electron chi connectivity index (χ3n) is 3.85. The lowest BCUT2D eigenvalue weighted by atomic mass is 10.1. The molecular formula is C20H12Cl2N2O5. The monoisotopic (exact) mass is 430 g/mol. The normalized spacial score (nSPS) is 15.3. The van der Waals surface area contributed by atoms with Gasteiger partial charge in [0, 0.05) is 10.6 Å². The number of nitrogens with zero attached hydrogens (tertiary/aromatic N) is 1. The van der Waals surface area contributed by atoms with Gasteiger partial charge in [-0.25, -0.2) is 9.69 Å². The number of terminal acetylenes is 1. The Morgan fingerprint density at radius 1 is 1.17 bits per heavy atom. The zero-order valence-electron chi connectivity index (χ0n) is 14.6. The predicted molar refractivity (Wildman–Crippen MR) is 108 cm³/mol. The van der Waals surface area contributed by atoms with Crippen molar-refractivity contribution in [2.45, 2.75) is 0 Å². The van der Waals surface area contributed by atoms with Gasteiger partial charge in [0.2, 0.25) is 0 Å². The first-order valence-corrected chi connectivity index (χ1v) is 8.83. The van der Waals surface area contributed by atoms with Gasteiger partial charge >= 0.3 is 6.03 Å². The molecule has 3 rings (SSSR count). The van der Waals surface area contributed by atoms with Crippen molar-refractivity contribution in [2.24, 2.45) is 0 Å². The van der Waals surface area contributed by atoms with Crippen molar-refractivity contribution in [3.8, 4) is 23.8 Å². The van der Waals surface area contributed by atoms with Gasteiger partial charge in [0.15, 0.2) is 0 Å². The number of imide groups is 2. The molecule has 0 aliphatic carbocycles. The summed E-state index contributed by atoms with van der Waals surface area (Å²) in [5.74, 6) is 0.613. The molecule has 29 heavy (non-hydrogen) atoms. The molecule has 2 aromatic rings. The van der Waals surface area contributed by atoms with Gasteiger partial charge in [-0.15, -0.1) is 6.42 Å². The first-order valence-electron chi connectivity index (χ1n) is 8.07. The summed E-state index contributed by atoms with van der Waals surface area (Å²) >= 11 is 12.2. The first-order chi connectivity index (χ1) is 13.8. The van der Waals surface area contributed by atoms with E-state index in [4.69, 9.17) is 34.4 Å². The van der Waals surface area contributed by atoms with Crippen molar-refractivity contribution in [3.05, 3.63) is 57.6 Å². The van der Waals surface area contributed by atoms with E-state index in [1.54, 1.807) is 0 Å². The molecule has 0 bridgehead atoms. The zero-order chi connectivity index (χ0) is 21.1. The van der Waals surface area contributed by atoms with Crippen LogP contribution < -0.4 is 15.0 Å². The third kappa shape index (κ3) is 4.19. The third-order valence-corrected chi connectivity index (χ3v) is 4.35. The number of carbonyl (C=O) groups is 3. The van der Waals surface area contributed by atoms with Crippen LogP contribution in [0.3, 0.4) is 0 Å². The number of barbiturate groups is 1. The van der Waals surface area contributed by atoms with Gasteiger partial charge in [0.1, 0.15) is 23.7 Å². The molecule has 1 aliphatic heterocycles. The molecule has 7 nitrogen and oxygen atoms in total. The summed E-state index contributed by atoms with van der Waals surface area (Å²) in [6.07, 6.45) is 6.41. The van der Waals surface area contributed by atoms with E-state index in [2.05, 4.69) is 11.2 Å². The van der Waals surface area contributed by atoms with E-state index >= 15 is 0 Å². The van der Waals surface area contributed by atoms with Gasteiger partial charge in [0.05, 0.1) is 10.7 Å². The topological polar surface area (TPSA) is 95.9 Å². The van der Waals surface area contributed by atoms with Crippen LogP contribution in [0.2, 0.25) is 10.0 Å². The average Bonchev–Trinajstić information content (AvgIpc) is 2.65. The number of carbonyl (C=O) groups excluding carboxylic acids is 3. The Kier molecular flexibility index (Phi) is 5.78. The number of anilines is 1. The SMILES string of the molecule is C#CCOc1c(Cl)cc(Cl)cc1/C=C1\C(=O)NC(=O)N(c2ccc(O)cc2)C1=O. The van der Waals surface area contributed by atoms with Gasteiger partial charge in [0.25, 0.3) is 11.8 Å². The molecule has 1 fully saturated rings. The van der Waals surface area contributed by atoms with Crippen LogP contribution in [0.4, 0.5) is 10.5 Å². The van der Waals surface area contributed by atoms with Gasteiger partial charge < -0.3 is 9.84 Å². The number of hydrogen-bond donors (Lipinski definition) is 2. The van der Waals surface area contributed by atoms with Crippen LogP contribution in [-0.2, 0) is 9.59 Å². The minimum Gasteiger partial charge on any atom is -0.508 e. The highest BCUT2D eigenvalue weighted by molar-refractivity contribution is 6.40. The van der Waals surface area contributed by atoms with E-state index in [0.717, 1.165) is 4.90 Å². The largest absolute Gasteiger partial charge is 0.508 e. The molecule has 4 amide bonds. The Bertz CT molecular complexity index is 1090. The van der Waals surface area contributed by atoms with Gasteiger partial charge in [-0.1, -0.05) is 29.1 Å². The fraction of sp³-hybridized carbons (Fsp3) is 0.0500. The predicted octanol–water partition coefficient (Wildman–Crippen LogP) is 3.38. The molecule has 0 aromatic heterocycles. The Morgan fingerprint density at radius 3 is 2.52 bits per heavy atom. The Hall–Kier alpha value is -3.47. The zero-order valence-corrected chi connectivity index (χ0v) is 16.1. The van der Waals surface area contributed by atoms with E-state index in [1.807, 2.05) is 0 Å². The van der Waals surface area contributed by atoms with Crippen molar-refractivity contribution in [1.29, 1.82) is 0 Å². The van der Waals surface area contributed by atoms with E-state index in [-0.39, 0.29) is 45.0 Å². The van der Waals surface area contributed by atoms with Crippen LogP contribution in [0.25, 0.3) is 6.08 Å². The van der Waals surface area contributed by atoms with E-state index in [0.29, 0.717) is 0 Å². The van der Waals surface area contributed by atoms with Crippen LogP contribution in [0.15, 0.2) is 42.0 Å². The number of phenolic OH excluding ortho intramolecular Hbond substituents is 1. The number of benzene rings is 2. The number of nitrogens with one attached hydrogen (secondary N) is 1. The maximum atomic E-state index is 12.9. The number of halogens is 2.